The van der Waals surface area contributed by atoms with Crippen molar-refractivity contribution in [3.05, 3.63) is 70.4 Å². The van der Waals surface area contributed by atoms with Gasteiger partial charge in [0.15, 0.2) is 5.78 Å². The van der Waals surface area contributed by atoms with Crippen molar-refractivity contribution in [2.24, 2.45) is 10.7 Å². The summed E-state index contributed by atoms with van der Waals surface area (Å²) in [7, 11) is 1.64. The minimum atomic E-state index is -0.511. The van der Waals surface area contributed by atoms with Gasteiger partial charge in [-0.1, -0.05) is 41.9 Å². The van der Waals surface area contributed by atoms with Gasteiger partial charge in [-0.25, -0.2) is 4.31 Å². The van der Waals surface area contributed by atoms with E-state index in [1.807, 2.05) is 65.9 Å². The summed E-state index contributed by atoms with van der Waals surface area (Å²) in [6.07, 6.45) is 5.51. The molecule has 3 rings (SSSR count). The SMILES string of the molecule is C/C=C(Cl)\C=C/c1ccc(SN2CC(=O)N(Cc3ccc(C(N)=NC)cc3)C(C(C)=O)C2)[nH]1. The highest BCUT2D eigenvalue weighted by molar-refractivity contribution is 7.97. The second kappa shape index (κ2) is 11.4. The Hall–Kier alpha value is -2.81. The Balaban J connectivity index is 1.67. The number of ketones is 1. The van der Waals surface area contributed by atoms with Crippen molar-refractivity contribution in [3.8, 4) is 0 Å². The highest BCUT2D eigenvalue weighted by atomic mass is 35.5. The molecular formula is C24H28ClN5O2S. The second-order valence-corrected chi connectivity index (χ2v) is 9.23. The number of rotatable bonds is 8. The highest BCUT2D eigenvalue weighted by Gasteiger charge is 2.35. The van der Waals surface area contributed by atoms with Gasteiger partial charge in [0.1, 0.15) is 11.9 Å². The van der Waals surface area contributed by atoms with E-state index in [4.69, 9.17) is 17.3 Å². The first-order valence-electron chi connectivity index (χ1n) is 10.5. The molecule has 9 heteroatoms. The Morgan fingerprint density at radius 1 is 1.30 bits per heavy atom. The number of carbonyl (C=O) groups excluding carboxylic acids is 2. The first-order valence-corrected chi connectivity index (χ1v) is 11.7. The van der Waals surface area contributed by atoms with E-state index in [9.17, 15) is 9.59 Å². The van der Waals surface area contributed by atoms with E-state index in [2.05, 4.69) is 9.98 Å². The van der Waals surface area contributed by atoms with Crippen molar-refractivity contribution in [1.29, 1.82) is 0 Å². The number of H-pyrrole nitrogens is 1. The van der Waals surface area contributed by atoms with Gasteiger partial charge in [-0.3, -0.25) is 14.6 Å². The van der Waals surface area contributed by atoms with Gasteiger partial charge in [0, 0.05) is 36.4 Å². The van der Waals surface area contributed by atoms with Crippen molar-refractivity contribution in [1.82, 2.24) is 14.2 Å². The Morgan fingerprint density at radius 3 is 2.67 bits per heavy atom. The molecule has 174 valence electrons. The number of piperazine rings is 1. The second-order valence-electron chi connectivity index (χ2n) is 7.65. The Kier molecular flexibility index (Phi) is 8.55. The van der Waals surface area contributed by atoms with Crippen molar-refractivity contribution in [2.75, 3.05) is 20.1 Å². The first-order chi connectivity index (χ1) is 15.8. The van der Waals surface area contributed by atoms with Crippen LogP contribution < -0.4 is 5.73 Å². The number of aromatic nitrogens is 1. The largest absolute Gasteiger partial charge is 0.384 e. The Bertz CT molecular complexity index is 1090. The molecule has 0 radical (unpaired) electrons. The van der Waals surface area contributed by atoms with Crippen LogP contribution in [0.25, 0.3) is 6.08 Å². The Morgan fingerprint density at radius 2 is 2.03 bits per heavy atom. The molecule has 1 unspecified atom stereocenters. The zero-order chi connectivity index (χ0) is 24.0. The molecular weight excluding hydrogens is 458 g/mol. The van der Waals surface area contributed by atoms with Gasteiger partial charge in [-0.2, -0.15) is 0 Å². The van der Waals surface area contributed by atoms with Crippen LogP contribution in [0.2, 0.25) is 0 Å². The number of aliphatic imine (C=N–C) groups is 1. The molecule has 2 heterocycles. The summed E-state index contributed by atoms with van der Waals surface area (Å²) < 4.78 is 1.92. The number of nitrogens with zero attached hydrogens (tertiary/aromatic N) is 3. The van der Waals surface area contributed by atoms with Crippen LogP contribution in [0.5, 0.6) is 0 Å². The summed E-state index contributed by atoms with van der Waals surface area (Å²) in [6, 6.07) is 10.9. The molecule has 1 aromatic heterocycles. The van der Waals surface area contributed by atoms with E-state index < -0.39 is 6.04 Å². The summed E-state index contributed by atoms with van der Waals surface area (Å²) in [4.78, 5) is 34.3. The molecule has 2 aromatic rings. The van der Waals surface area contributed by atoms with Gasteiger partial charge < -0.3 is 15.6 Å². The average molecular weight is 486 g/mol. The van der Waals surface area contributed by atoms with Crippen molar-refractivity contribution < 1.29 is 9.59 Å². The molecule has 33 heavy (non-hydrogen) atoms. The zero-order valence-corrected chi connectivity index (χ0v) is 20.5. The lowest BCUT2D eigenvalue weighted by molar-refractivity contribution is -0.143. The fourth-order valence-electron chi connectivity index (χ4n) is 3.44. The molecule has 1 saturated heterocycles. The van der Waals surface area contributed by atoms with E-state index in [0.717, 1.165) is 21.8 Å². The van der Waals surface area contributed by atoms with Crippen LogP contribution in [0.4, 0.5) is 0 Å². The molecule has 3 N–H and O–H groups in total. The fraction of sp³-hybridized carbons (Fsp3) is 0.292. The molecule has 0 aliphatic carbocycles. The standard InChI is InChI=1S/C24H28ClN5O2S/c1-4-19(25)9-10-20-11-12-22(28-20)33-29-14-21(16(2)31)30(23(32)15-29)13-17-5-7-18(8-6-17)24(26)27-3/h4-12,21,28H,13-15H2,1-3H3,(H2,26,27)/b10-9-,19-4+. The predicted octanol–water partition coefficient (Wildman–Crippen LogP) is 3.81. The third-order valence-electron chi connectivity index (χ3n) is 5.30. The van der Waals surface area contributed by atoms with Crippen molar-refractivity contribution in [2.45, 2.75) is 31.5 Å². The van der Waals surface area contributed by atoms with Crippen LogP contribution in [-0.2, 0) is 16.1 Å². The summed E-state index contributed by atoms with van der Waals surface area (Å²) >= 11 is 7.44. The molecule has 7 nitrogen and oxygen atoms in total. The molecule has 1 amide bonds. The maximum absolute atomic E-state index is 13.0. The van der Waals surface area contributed by atoms with Crippen molar-refractivity contribution >= 4 is 47.2 Å². The van der Waals surface area contributed by atoms with E-state index in [1.165, 1.54) is 18.9 Å². The quantitative estimate of drug-likeness (QED) is 0.256. The molecule has 1 fully saturated rings. The van der Waals surface area contributed by atoms with E-state index >= 15 is 0 Å². The third kappa shape index (κ3) is 6.60. The molecule has 1 aromatic carbocycles. The number of nitrogens with one attached hydrogen (secondary N) is 1. The van der Waals surface area contributed by atoms with Crippen LogP contribution in [0.3, 0.4) is 0 Å². The smallest absolute Gasteiger partial charge is 0.238 e. The van der Waals surface area contributed by atoms with Gasteiger partial charge >= 0.3 is 0 Å². The third-order valence-corrected chi connectivity index (χ3v) is 6.62. The number of benzene rings is 1. The van der Waals surface area contributed by atoms with Gasteiger partial charge in [-0.15, -0.1) is 0 Å². The van der Waals surface area contributed by atoms with Gasteiger partial charge in [0.25, 0.3) is 0 Å². The minimum Gasteiger partial charge on any atom is -0.384 e. The fourth-order valence-corrected chi connectivity index (χ4v) is 4.46. The molecule has 0 saturated carbocycles. The summed E-state index contributed by atoms with van der Waals surface area (Å²) in [5.41, 5.74) is 8.51. The lowest BCUT2D eigenvalue weighted by Gasteiger charge is -2.39. The summed E-state index contributed by atoms with van der Waals surface area (Å²) in [5.74, 6) is 0.334. The van der Waals surface area contributed by atoms with Crippen LogP contribution in [0.15, 0.2) is 63.6 Å². The number of nitrogens with two attached hydrogens (primary N) is 1. The molecule has 1 atom stereocenters. The molecule has 1 aliphatic rings. The number of hydrogen-bond donors (Lipinski definition) is 2. The number of halogens is 1. The van der Waals surface area contributed by atoms with Gasteiger partial charge in [-0.05, 0) is 55.6 Å². The van der Waals surface area contributed by atoms with E-state index in [-0.39, 0.29) is 18.2 Å². The molecule has 0 spiro atoms. The van der Waals surface area contributed by atoms with E-state index in [0.29, 0.717) is 24.0 Å². The number of allylic oxidation sites excluding steroid dienone is 3. The maximum atomic E-state index is 13.0. The summed E-state index contributed by atoms with van der Waals surface area (Å²) in [6.45, 7) is 4.44. The maximum Gasteiger partial charge on any atom is 0.238 e. The van der Waals surface area contributed by atoms with E-state index in [1.54, 1.807) is 11.9 Å². The van der Waals surface area contributed by atoms with Crippen LogP contribution in [0.1, 0.15) is 30.7 Å². The monoisotopic (exact) mass is 485 g/mol. The van der Waals surface area contributed by atoms with Gasteiger partial charge in [0.2, 0.25) is 5.91 Å². The lowest BCUT2D eigenvalue weighted by atomic mass is 10.1. The highest BCUT2D eigenvalue weighted by Crippen LogP contribution is 2.27. The average Bonchev–Trinajstić information content (AvgIpc) is 3.25. The van der Waals surface area contributed by atoms with Crippen LogP contribution in [0, 0.1) is 0 Å². The zero-order valence-electron chi connectivity index (χ0n) is 18.9. The van der Waals surface area contributed by atoms with Crippen molar-refractivity contribution in [3.63, 3.8) is 0 Å². The van der Waals surface area contributed by atoms with Crippen LogP contribution >= 0.6 is 23.5 Å². The topological polar surface area (TPSA) is 94.8 Å². The predicted molar refractivity (Wildman–Crippen MR) is 135 cm³/mol. The first kappa shape index (κ1) is 24.8. The lowest BCUT2D eigenvalue weighted by Crippen LogP contribution is -2.56. The number of aromatic amines is 1. The van der Waals surface area contributed by atoms with Crippen LogP contribution in [-0.4, -0.2) is 57.9 Å². The summed E-state index contributed by atoms with van der Waals surface area (Å²) in [5, 5.41) is 1.54. The van der Waals surface area contributed by atoms with Gasteiger partial charge in [0.05, 0.1) is 11.6 Å². The molecule has 0 bridgehead atoms. The number of amidine groups is 1. The number of hydrogen-bond acceptors (Lipinski definition) is 5. The Labute approximate surface area is 203 Å². The number of Topliss-reactive ketones (excluding diaryl/α,β-unsaturated/α-hetero) is 1. The normalized spacial score (nSPS) is 18.4. The molecule has 1 aliphatic heterocycles. The number of carbonyl (C=O) groups is 2. The minimum absolute atomic E-state index is 0.0382. The number of amides is 1.